The van der Waals surface area contributed by atoms with Gasteiger partial charge in [-0.2, -0.15) is 5.10 Å². The van der Waals surface area contributed by atoms with E-state index in [2.05, 4.69) is 23.1 Å². The van der Waals surface area contributed by atoms with Crippen molar-refractivity contribution < 1.29 is 14.3 Å². The number of ether oxygens (including phenoxy) is 1. The number of carbonyl (C=O) groups excluding carboxylic acids is 2. The Labute approximate surface area is 219 Å². The number of methoxy groups -OCH3 is 1. The summed E-state index contributed by atoms with van der Waals surface area (Å²) in [5.74, 6) is 4.69. The van der Waals surface area contributed by atoms with E-state index in [4.69, 9.17) is 20.5 Å². The van der Waals surface area contributed by atoms with Gasteiger partial charge in [0.15, 0.2) is 0 Å². The molecule has 37 heavy (non-hydrogen) atoms. The molecule has 0 radical (unpaired) electrons. The molecule has 0 atom stereocenters. The first-order chi connectivity index (χ1) is 17.9. The highest BCUT2D eigenvalue weighted by molar-refractivity contribution is 7.19. The van der Waals surface area contributed by atoms with Crippen LogP contribution in [0.2, 0.25) is 0 Å². The second kappa shape index (κ2) is 11.9. The highest BCUT2D eigenvalue weighted by Gasteiger charge is 2.23. The molecule has 0 spiro atoms. The van der Waals surface area contributed by atoms with Crippen molar-refractivity contribution in [3.8, 4) is 11.1 Å². The lowest BCUT2D eigenvalue weighted by atomic mass is 9.98. The third kappa shape index (κ3) is 5.91. The van der Waals surface area contributed by atoms with Crippen LogP contribution in [0, 0.1) is 6.92 Å². The van der Waals surface area contributed by atoms with Crippen LogP contribution >= 0.6 is 11.3 Å². The summed E-state index contributed by atoms with van der Waals surface area (Å²) in [6, 6.07) is 7.68. The number of aliphatic imine (C=N–C) groups is 1. The van der Waals surface area contributed by atoms with E-state index in [-0.39, 0.29) is 5.91 Å². The van der Waals surface area contributed by atoms with Gasteiger partial charge in [0.2, 0.25) is 5.91 Å². The summed E-state index contributed by atoms with van der Waals surface area (Å²) in [6.07, 6.45) is 6.84. The summed E-state index contributed by atoms with van der Waals surface area (Å²) in [4.78, 5) is 40.9. The second-order valence-corrected chi connectivity index (χ2v) is 9.65. The summed E-state index contributed by atoms with van der Waals surface area (Å²) in [5.41, 5.74) is 5.99. The van der Waals surface area contributed by atoms with Gasteiger partial charge in [-0.15, -0.1) is 11.3 Å². The van der Waals surface area contributed by atoms with Crippen molar-refractivity contribution in [3.05, 3.63) is 52.3 Å². The Morgan fingerprint density at radius 3 is 2.81 bits per heavy atom. The predicted octanol–water partition coefficient (Wildman–Crippen LogP) is 4.04. The van der Waals surface area contributed by atoms with Gasteiger partial charge in [0.1, 0.15) is 5.01 Å². The van der Waals surface area contributed by atoms with Crippen molar-refractivity contribution in [3.63, 3.8) is 0 Å². The number of aromatic nitrogens is 2. The van der Waals surface area contributed by atoms with Crippen molar-refractivity contribution in [1.29, 1.82) is 0 Å². The molecule has 1 aromatic carbocycles. The summed E-state index contributed by atoms with van der Waals surface area (Å²) in [5, 5.41) is 4.19. The van der Waals surface area contributed by atoms with Crippen molar-refractivity contribution >= 4 is 51.4 Å². The van der Waals surface area contributed by atoms with E-state index in [1.165, 1.54) is 30.9 Å². The van der Waals surface area contributed by atoms with Crippen LogP contribution in [0.3, 0.4) is 0 Å². The van der Waals surface area contributed by atoms with Gasteiger partial charge in [0.05, 0.1) is 29.1 Å². The molecule has 192 valence electrons. The van der Waals surface area contributed by atoms with Gasteiger partial charge in [-0.1, -0.05) is 19.1 Å². The maximum Gasteiger partial charge on any atom is 0.337 e. The maximum absolute atomic E-state index is 12.8. The Morgan fingerprint density at radius 2 is 2.05 bits per heavy atom. The lowest BCUT2D eigenvalue weighted by Gasteiger charge is -2.26. The van der Waals surface area contributed by atoms with Crippen LogP contribution in [-0.4, -0.2) is 65.9 Å². The number of nitrogens with two attached hydrogens (primary N) is 1. The van der Waals surface area contributed by atoms with Gasteiger partial charge in [0, 0.05) is 60.4 Å². The van der Waals surface area contributed by atoms with Gasteiger partial charge in [-0.25, -0.2) is 9.78 Å². The Morgan fingerprint density at radius 1 is 1.22 bits per heavy atom. The molecule has 0 fully saturated rings. The average molecular weight is 519 g/mol. The molecule has 1 amide bonds. The second-order valence-electron chi connectivity index (χ2n) is 8.62. The van der Waals surface area contributed by atoms with Gasteiger partial charge >= 0.3 is 5.97 Å². The summed E-state index contributed by atoms with van der Waals surface area (Å²) < 4.78 is 5.90. The average Bonchev–Trinajstić information content (AvgIpc) is 3.36. The Bertz CT molecular complexity index is 1410. The number of thiazole rings is 1. The molecular weight excluding hydrogens is 488 g/mol. The minimum absolute atomic E-state index is 0.0422. The summed E-state index contributed by atoms with van der Waals surface area (Å²) >= 11 is 1.52. The highest BCUT2D eigenvalue weighted by atomic mass is 32.1. The van der Waals surface area contributed by atoms with Crippen molar-refractivity contribution in [2.75, 3.05) is 26.7 Å². The molecule has 1 aliphatic rings. The zero-order valence-corrected chi connectivity index (χ0v) is 22.0. The Balaban J connectivity index is 1.68. The first kappa shape index (κ1) is 26.2. The molecule has 0 unspecified atom stereocenters. The van der Waals surface area contributed by atoms with E-state index in [0.29, 0.717) is 31.6 Å². The zero-order valence-electron chi connectivity index (χ0n) is 21.2. The number of aryl methyl sites for hydroxylation is 2. The standard InChI is InChI=1S/C27H30N6O3S/c1-4-22-20(8-7-17(2)31-22)21-14-19(27(35)36-3)15-23-25(21)32-26(37-23)18-6-5-13-33(16-18)24(34)9-10-29-11-12-30-28/h6-8,11-12,14-15H,4-5,9-10,13,16,28H2,1-3H3/b29-11?,30-12-. The van der Waals surface area contributed by atoms with E-state index in [9.17, 15) is 9.59 Å². The third-order valence-corrected chi connectivity index (χ3v) is 7.22. The van der Waals surface area contributed by atoms with Crippen molar-refractivity contribution in [1.82, 2.24) is 14.9 Å². The SMILES string of the molecule is CCc1nc(C)ccc1-c1cc(C(=O)OC)cc2sc(C3=CCCN(C(=O)CCN=C/C=N\N)C3)nc12. The number of fused-ring (bicyclic) bond motifs is 1. The van der Waals surface area contributed by atoms with Gasteiger partial charge in [0.25, 0.3) is 0 Å². The number of hydrogen-bond donors (Lipinski definition) is 1. The number of benzene rings is 1. The first-order valence-corrected chi connectivity index (χ1v) is 13.0. The number of nitrogens with zero attached hydrogens (tertiary/aromatic N) is 5. The Kier molecular flexibility index (Phi) is 8.39. The van der Waals surface area contributed by atoms with E-state index in [1.54, 1.807) is 0 Å². The molecule has 3 aromatic rings. The number of esters is 1. The van der Waals surface area contributed by atoms with Crippen molar-refractivity contribution in [2.45, 2.75) is 33.1 Å². The molecule has 0 saturated carbocycles. The smallest absolute Gasteiger partial charge is 0.337 e. The summed E-state index contributed by atoms with van der Waals surface area (Å²) in [7, 11) is 1.38. The Hall–Kier alpha value is -3.92. The van der Waals surface area contributed by atoms with Crippen LogP contribution in [0.1, 0.15) is 46.5 Å². The highest BCUT2D eigenvalue weighted by Crippen LogP contribution is 2.37. The maximum atomic E-state index is 12.8. The minimum Gasteiger partial charge on any atom is -0.465 e. The fourth-order valence-electron chi connectivity index (χ4n) is 4.32. The van der Waals surface area contributed by atoms with Gasteiger partial charge < -0.3 is 15.5 Å². The number of amides is 1. The predicted molar refractivity (Wildman–Crippen MR) is 148 cm³/mol. The third-order valence-electron chi connectivity index (χ3n) is 6.15. The topological polar surface area (TPSA) is 123 Å². The molecule has 2 aromatic heterocycles. The number of pyridine rings is 1. The number of carbonyl (C=O) groups is 2. The lowest BCUT2D eigenvalue weighted by molar-refractivity contribution is -0.130. The molecule has 4 rings (SSSR count). The van der Waals surface area contributed by atoms with Crippen LogP contribution in [-0.2, 0) is 16.0 Å². The molecule has 1 aliphatic heterocycles. The van der Waals surface area contributed by atoms with E-state index in [1.807, 2.05) is 36.1 Å². The van der Waals surface area contributed by atoms with Crippen LogP contribution in [0.5, 0.6) is 0 Å². The van der Waals surface area contributed by atoms with E-state index < -0.39 is 5.97 Å². The van der Waals surface area contributed by atoms with Crippen LogP contribution < -0.4 is 5.84 Å². The largest absolute Gasteiger partial charge is 0.465 e. The molecule has 0 aliphatic carbocycles. The fourth-order valence-corrected chi connectivity index (χ4v) is 5.39. The molecule has 2 N–H and O–H groups in total. The van der Waals surface area contributed by atoms with Crippen LogP contribution in [0.4, 0.5) is 0 Å². The van der Waals surface area contributed by atoms with Gasteiger partial charge in [-0.3, -0.25) is 14.8 Å². The van der Waals surface area contributed by atoms with Crippen LogP contribution in [0.25, 0.3) is 26.9 Å². The molecule has 0 saturated heterocycles. The number of hydrazone groups is 1. The minimum atomic E-state index is -0.398. The molecule has 0 bridgehead atoms. The quantitative estimate of drug-likeness (QED) is 0.208. The van der Waals surface area contributed by atoms with Gasteiger partial charge in [-0.05, 0) is 38.0 Å². The summed E-state index contributed by atoms with van der Waals surface area (Å²) in [6.45, 7) is 5.56. The van der Waals surface area contributed by atoms with E-state index >= 15 is 0 Å². The molecule has 3 heterocycles. The van der Waals surface area contributed by atoms with Crippen LogP contribution in [0.15, 0.2) is 40.4 Å². The zero-order chi connectivity index (χ0) is 26.4. The fraction of sp³-hybridized carbons (Fsp3) is 0.333. The monoisotopic (exact) mass is 518 g/mol. The van der Waals surface area contributed by atoms with E-state index in [0.717, 1.165) is 56.2 Å². The molecular formula is C27H30N6O3S. The lowest BCUT2D eigenvalue weighted by Crippen LogP contribution is -2.35. The number of rotatable bonds is 8. The normalized spacial score (nSPS) is 14.0. The first-order valence-electron chi connectivity index (χ1n) is 12.1. The number of hydrogen-bond acceptors (Lipinski definition) is 9. The molecule has 9 nitrogen and oxygen atoms in total. The van der Waals surface area contributed by atoms with Crippen molar-refractivity contribution in [2.24, 2.45) is 15.9 Å². The molecule has 10 heteroatoms.